The van der Waals surface area contributed by atoms with Gasteiger partial charge in [-0.15, -0.1) is 0 Å². The number of rotatable bonds is 6. The van der Waals surface area contributed by atoms with Crippen molar-refractivity contribution in [2.24, 2.45) is 5.92 Å². The molecule has 0 saturated carbocycles. The first kappa shape index (κ1) is 18.6. The maximum atomic E-state index is 12.0. The van der Waals surface area contributed by atoms with Gasteiger partial charge in [0.15, 0.2) is 5.01 Å². The topological polar surface area (TPSA) is 56.5 Å². The van der Waals surface area contributed by atoms with Gasteiger partial charge in [-0.2, -0.15) is 9.61 Å². The second-order valence-corrected chi connectivity index (χ2v) is 7.79. The van der Waals surface area contributed by atoms with Gasteiger partial charge in [-0.05, 0) is 43.0 Å². The van der Waals surface area contributed by atoms with Crippen molar-refractivity contribution in [2.45, 2.75) is 27.2 Å². The molecule has 0 atom stereocenters. The lowest BCUT2D eigenvalue weighted by Gasteiger charge is -2.08. The molecule has 3 rings (SSSR count). The zero-order valence-corrected chi connectivity index (χ0v) is 16.5. The van der Waals surface area contributed by atoms with Crippen LogP contribution in [0.25, 0.3) is 16.1 Å². The van der Waals surface area contributed by atoms with Gasteiger partial charge in [0, 0.05) is 11.8 Å². The fourth-order valence-corrected chi connectivity index (χ4v) is 3.44. The molecule has 26 heavy (non-hydrogen) atoms. The number of aromatic nitrogens is 3. The van der Waals surface area contributed by atoms with Crippen molar-refractivity contribution in [1.82, 2.24) is 14.6 Å². The summed E-state index contributed by atoms with van der Waals surface area (Å²) in [5, 5.41) is 5.28. The molecule has 0 aliphatic heterocycles. The van der Waals surface area contributed by atoms with Crippen LogP contribution in [0.15, 0.2) is 35.1 Å². The Balaban J connectivity index is 1.77. The third kappa shape index (κ3) is 4.51. The molecule has 2 heterocycles. The Morgan fingerprint density at radius 1 is 1.35 bits per heavy atom. The number of fused-ring (bicyclic) bond motifs is 1. The number of aryl methyl sites for hydroxylation is 1. The van der Waals surface area contributed by atoms with Gasteiger partial charge in [0.05, 0.1) is 11.6 Å². The molecule has 0 N–H and O–H groups in total. The van der Waals surface area contributed by atoms with Crippen LogP contribution in [0.2, 0.25) is 0 Å². The summed E-state index contributed by atoms with van der Waals surface area (Å²) in [5.74, 6) is 1.46. The van der Waals surface area contributed by atoms with Crippen molar-refractivity contribution < 1.29 is 4.74 Å². The first-order valence-corrected chi connectivity index (χ1v) is 9.60. The van der Waals surface area contributed by atoms with E-state index in [1.165, 1.54) is 21.9 Å². The molecule has 0 spiro atoms. The maximum absolute atomic E-state index is 12.0. The summed E-state index contributed by atoms with van der Waals surface area (Å²) in [4.78, 5) is 16.8. The van der Waals surface area contributed by atoms with Gasteiger partial charge in [-0.25, -0.2) is 4.98 Å². The van der Waals surface area contributed by atoms with Crippen molar-refractivity contribution in [2.75, 3.05) is 6.61 Å². The van der Waals surface area contributed by atoms with Crippen LogP contribution in [-0.2, 0) is 0 Å². The van der Waals surface area contributed by atoms with E-state index in [1.807, 2.05) is 30.3 Å². The zero-order chi connectivity index (χ0) is 18.7. The van der Waals surface area contributed by atoms with E-state index in [0.717, 1.165) is 17.7 Å². The monoisotopic (exact) mass is 389 g/mol. The summed E-state index contributed by atoms with van der Waals surface area (Å²) < 4.78 is 6.99. The van der Waals surface area contributed by atoms with Gasteiger partial charge in [-0.3, -0.25) is 4.79 Å². The highest BCUT2D eigenvalue weighted by atomic mass is 35.5. The average molecular weight is 390 g/mol. The van der Waals surface area contributed by atoms with Crippen LogP contribution in [0.4, 0.5) is 0 Å². The minimum Gasteiger partial charge on any atom is -0.494 e. The summed E-state index contributed by atoms with van der Waals surface area (Å²) in [6.45, 7) is 6.84. The molecular weight excluding hydrogens is 370 g/mol. The Morgan fingerprint density at radius 3 is 2.77 bits per heavy atom. The molecule has 0 unspecified atom stereocenters. The fraction of sp³-hybridized carbons (Fsp3) is 0.316. The largest absolute Gasteiger partial charge is 0.494 e. The number of hydrogen-bond acceptors (Lipinski definition) is 5. The molecule has 2 aromatic heterocycles. The molecule has 1 aromatic carbocycles. The van der Waals surface area contributed by atoms with E-state index in [1.54, 1.807) is 6.92 Å². The molecule has 0 amide bonds. The highest BCUT2D eigenvalue weighted by Gasteiger charge is 2.10. The summed E-state index contributed by atoms with van der Waals surface area (Å²) in [6, 6.07) is 9.17. The van der Waals surface area contributed by atoms with Crippen LogP contribution in [0.1, 0.15) is 36.5 Å². The van der Waals surface area contributed by atoms with Gasteiger partial charge in [0.25, 0.3) is 5.56 Å². The second-order valence-electron chi connectivity index (χ2n) is 6.43. The lowest BCUT2D eigenvalue weighted by atomic mass is 10.1. The molecule has 0 aliphatic carbocycles. The molecule has 7 heteroatoms. The number of nitrogens with zero attached hydrogens (tertiary/aromatic N) is 3. The van der Waals surface area contributed by atoms with Gasteiger partial charge in [-0.1, -0.05) is 48.9 Å². The minimum atomic E-state index is -0.206. The Bertz CT molecular complexity index is 990. The van der Waals surface area contributed by atoms with Crippen molar-refractivity contribution in [3.63, 3.8) is 0 Å². The Hall–Kier alpha value is -2.18. The predicted octanol–water partition coefficient (Wildman–Crippen LogP) is 4.62. The summed E-state index contributed by atoms with van der Waals surface area (Å²) in [5.41, 5.74) is 1.39. The van der Waals surface area contributed by atoms with Gasteiger partial charge in [0.2, 0.25) is 4.96 Å². The van der Waals surface area contributed by atoms with E-state index < -0.39 is 0 Å². The standard InChI is InChI=1S/C19H20ClN3O2S/c1-12(2)8-9-25-15-6-4-14(5-7-15)11-16(20)18-22-23-17(24)10-13(3)21-19(23)26-18/h4-7,10-12H,8-9H2,1-3H3/b16-11-. The third-order valence-electron chi connectivity index (χ3n) is 3.71. The van der Waals surface area contributed by atoms with Crippen LogP contribution in [0.5, 0.6) is 5.75 Å². The fourth-order valence-electron chi connectivity index (χ4n) is 2.30. The van der Waals surface area contributed by atoms with Crippen LogP contribution >= 0.6 is 22.9 Å². The van der Waals surface area contributed by atoms with Crippen LogP contribution in [0.3, 0.4) is 0 Å². The lowest BCUT2D eigenvalue weighted by molar-refractivity contribution is 0.289. The number of hydrogen-bond donors (Lipinski definition) is 0. The molecule has 5 nitrogen and oxygen atoms in total. The Morgan fingerprint density at radius 2 is 2.08 bits per heavy atom. The SMILES string of the molecule is Cc1cc(=O)n2nc(/C(Cl)=C/c3ccc(OCCC(C)C)cc3)sc2n1. The van der Waals surface area contributed by atoms with E-state index in [9.17, 15) is 4.79 Å². The van der Waals surface area contributed by atoms with E-state index in [0.29, 0.717) is 33.2 Å². The molecule has 136 valence electrons. The Labute approximate surface area is 160 Å². The van der Waals surface area contributed by atoms with E-state index in [2.05, 4.69) is 23.9 Å². The average Bonchev–Trinajstić information content (AvgIpc) is 3.00. The molecule has 0 fully saturated rings. The highest BCUT2D eigenvalue weighted by molar-refractivity contribution is 7.18. The molecule has 3 aromatic rings. The van der Waals surface area contributed by atoms with E-state index in [4.69, 9.17) is 16.3 Å². The Kier molecular flexibility index (Phi) is 5.74. The number of ether oxygens (including phenoxy) is 1. The predicted molar refractivity (Wildman–Crippen MR) is 107 cm³/mol. The van der Waals surface area contributed by atoms with Crippen LogP contribution in [0, 0.1) is 12.8 Å². The van der Waals surface area contributed by atoms with Crippen molar-refractivity contribution in [3.8, 4) is 5.75 Å². The minimum absolute atomic E-state index is 0.206. The second kappa shape index (κ2) is 8.01. The lowest BCUT2D eigenvalue weighted by Crippen LogP contribution is -2.14. The van der Waals surface area contributed by atoms with Crippen molar-refractivity contribution in [1.29, 1.82) is 0 Å². The molecule has 0 radical (unpaired) electrons. The quantitative estimate of drug-likeness (QED) is 0.617. The van der Waals surface area contributed by atoms with E-state index >= 15 is 0 Å². The molecule has 0 saturated heterocycles. The summed E-state index contributed by atoms with van der Waals surface area (Å²) in [6.07, 6.45) is 2.84. The maximum Gasteiger partial charge on any atom is 0.275 e. The van der Waals surface area contributed by atoms with E-state index in [-0.39, 0.29) is 5.56 Å². The normalized spacial score (nSPS) is 12.1. The smallest absolute Gasteiger partial charge is 0.275 e. The van der Waals surface area contributed by atoms with Crippen molar-refractivity contribution >= 4 is 39.0 Å². The first-order chi connectivity index (χ1) is 12.4. The number of benzene rings is 1. The number of halogens is 1. The van der Waals surface area contributed by atoms with Crippen LogP contribution in [-0.4, -0.2) is 21.2 Å². The van der Waals surface area contributed by atoms with Gasteiger partial charge in [0.1, 0.15) is 5.75 Å². The molecule has 0 aliphatic rings. The molecule has 0 bridgehead atoms. The van der Waals surface area contributed by atoms with Crippen molar-refractivity contribution in [3.05, 3.63) is 57.0 Å². The summed E-state index contributed by atoms with van der Waals surface area (Å²) >= 11 is 7.68. The zero-order valence-electron chi connectivity index (χ0n) is 14.9. The summed E-state index contributed by atoms with van der Waals surface area (Å²) in [7, 11) is 0. The first-order valence-electron chi connectivity index (χ1n) is 8.40. The van der Waals surface area contributed by atoms with Gasteiger partial charge < -0.3 is 4.74 Å². The van der Waals surface area contributed by atoms with Gasteiger partial charge >= 0.3 is 0 Å². The van der Waals surface area contributed by atoms with Crippen LogP contribution < -0.4 is 10.3 Å². The highest BCUT2D eigenvalue weighted by Crippen LogP contribution is 2.26. The molecular formula is C19H20ClN3O2S. The third-order valence-corrected chi connectivity index (χ3v) is 5.06.